The number of ether oxygens (including phenoxy) is 2. The van der Waals surface area contributed by atoms with Crippen LogP contribution in [0.1, 0.15) is 113 Å². The van der Waals surface area contributed by atoms with E-state index in [4.69, 9.17) is 9.47 Å². The minimum Gasteiger partial charge on any atom is -0.480 e. The van der Waals surface area contributed by atoms with Crippen LogP contribution in [0.4, 0.5) is 4.39 Å². The van der Waals surface area contributed by atoms with Gasteiger partial charge in [0.25, 0.3) is 11.8 Å². The number of nitrogens with one attached hydrogen (secondary N) is 2. The van der Waals surface area contributed by atoms with E-state index in [0.29, 0.717) is 32.1 Å². The number of benzene rings is 1. The molecule has 11 atom stereocenters. The summed E-state index contributed by atoms with van der Waals surface area (Å²) in [7, 11) is 6.13. The molecule has 0 spiro atoms. The summed E-state index contributed by atoms with van der Waals surface area (Å²) in [6.45, 7) is 17.0. The first-order valence-electron chi connectivity index (χ1n) is 24.4. The first kappa shape index (κ1) is 58.1. The molecule has 386 valence electrons. The fraction of sp³-hybridized carbons (Fsp3) is 0.686. The van der Waals surface area contributed by atoms with Gasteiger partial charge in [0.05, 0.1) is 36.6 Å². The van der Waals surface area contributed by atoms with Crippen LogP contribution >= 0.6 is 0 Å². The van der Waals surface area contributed by atoms with Gasteiger partial charge >= 0.3 is 5.97 Å². The molecule has 17 nitrogen and oxygen atoms in total. The Labute approximate surface area is 408 Å². The van der Waals surface area contributed by atoms with Crippen molar-refractivity contribution in [2.24, 2.45) is 29.6 Å². The van der Waals surface area contributed by atoms with Gasteiger partial charge in [0.1, 0.15) is 23.9 Å². The van der Waals surface area contributed by atoms with E-state index in [-0.39, 0.29) is 84.7 Å². The number of imide groups is 1. The number of hydrogen-bond donors (Lipinski definition) is 3. The molecule has 2 aliphatic rings. The molecular formula is C51H79FN6O11. The maximum absolute atomic E-state index is 14.7. The van der Waals surface area contributed by atoms with E-state index < -0.39 is 77.8 Å². The minimum atomic E-state index is -1.42. The van der Waals surface area contributed by atoms with Crippen molar-refractivity contribution in [1.82, 2.24) is 30.2 Å². The summed E-state index contributed by atoms with van der Waals surface area (Å²) in [5.41, 5.74) is 0.140. The first-order valence-corrected chi connectivity index (χ1v) is 24.4. The lowest BCUT2D eigenvalue weighted by Gasteiger charge is -2.41. The van der Waals surface area contributed by atoms with Gasteiger partial charge in [-0.05, 0) is 61.5 Å². The fourth-order valence-corrected chi connectivity index (χ4v) is 9.81. The van der Waals surface area contributed by atoms with Crippen LogP contribution in [0.5, 0.6) is 0 Å². The maximum Gasteiger partial charge on any atom is 0.326 e. The number of aliphatic carboxylic acids is 1. The predicted octanol–water partition coefficient (Wildman–Crippen LogP) is 4.60. The van der Waals surface area contributed by atoms with E-state index in [1.165, 1.54) is 49.5 Å². The molecule has 1 saturated heterocycles. The summed E-state index contributed by atoms with van der Waals surface area (Å²) >= 11 is 0. The summed E-state index contributed by atoms with van der Waals surface area (Å²) in [5, 5.41) is 15.5. The Bertz CT molecular complexity index is 1980. The van der Waals surface area contributed by atoms with Crippen LogP contribution in [0.3, 0.4) is 0 Å². The Balaban J connectivity index is 1.77. The summed E-state index contributed by atoms with van der Waals surface area (Å²) in [4.78, 5) is 112. The van der Waals surface area contributed by atoms with Crippen LogP contribution in [-0.2, 0) is 54.3 Å². The zero-order valence-corrected chi connectivity index (χ0v) is 43.0. The van der Waals surface area contributed by atoms with Gasteiger partial charge in [0.15, 0.2) is 0 Å². The van der Waals surface area contributed by atoms with E-state index in [1.807, 2.05) is 55.4 Å². The molecule has 0 radical (unpaired) electrons. The van der Waals surface area contributed by atoms with Gasteiger partial charge in [-0.2, -0.15) is 0 Å². The predicted molar refractivity (Wildman–Crippen MR) is 257 cm³/mol. The number of carbonyl (C=O) groups excluding carboxylic acids is 7. The Morgan fingerprint density at radius 3 is 2.01 bits per heavy atom. The van der Waals surface area contributed by atoms with Crippen molar-refractivity contribution in [3.63, 3.8) is 0 Å². The molecule has 3 N–H and O–H groups in total. The first-order chi connectivity index (χ1) is 32.4. The molecule has 0 bridgehead atoms. The van der Waals surface area contributed by atoms with Gasteiger partial charge in [-0.15, -0.1) is 0 Å². The van der Waals surface area contributed by atoms with E-state index in [1.54, 1.807) is 36.9 Å². The highest BCUT2D eigenvalue weighted by atomic mass is 19.1. The van der Waals surface area contributed by atoms with Gasteiger partial charge in [-0.25, -0.2) is 9.18 Å². The van der Waals surface area contributed by atoms with E-state index in [2.05, 4.69) is 10.6 Å². The maximum atomic E-state index is 14.7. The summed E-state index contributed by atoms with van der Waals surface area (Å²) in [6.07, 6.45) is 3.30. The lowest BCUT2D eigenvalue weighted by Crippen LogP contribution is -2.60. The average Bonchev–Trinajstić information content (AvgIpc) is 3.78. The number of carbonyl (C=O) groups is 8. The van der Waals surface area contributed by atoms with Crippen LogP contribution < -0.4 is 10.6 Å². The van der Waals surface area contributed by atoms with Crippen molar-refractivity contribution in [2.45, 2.75) is 162 Å². The summed E-state index contributed by atoms with van der Waals surface area (Å²) in [5.74, 6) is -6.43. The average molecular weight is 971 g/mol. The Kier molecular flexibility index (Phi) is 22.4. The van der Waals surface area contributed by atoms with Crippen molar-refractivity contribution in [3.8, 4) is 0 Å². The molecule has 7 amide bonds. The number of halogens is 1. The second-order valence-electron chi connectivity index (χ2n) is 19.7. The third-order valence-corrected chi connectivity index (χ3v) is 14.3. The Morgan fingerprint density at radius 1 is 0.855 bits per heavy atom. The van der Waals surface area contributed by atoms with Gasteiger partial charge in [0, 0.05) is 65.9 Å². The van der Waals surface area contributed by atoms with Crippen LogP contribution in [0.25, 0.3) is 0 Å². The molecule has 18 heteroatoms. The van der Waals surface area contributed by atoms with Crippen LogP contribution in [-0.4, -0.2) is 155 Å². The molecule has 3 rings (SSSR count). The zero-order valence-electron chi connectivity index (χ0n) is 43.0. The van der Waals surface area contributed by atoms with E-state index in [9.17, 15) is 47.9 Å². The highest BCUT2D eigenvalue weighted by Crippen LogP contribution is 2.36. The van der Waals surface area contributed by atoms with Gasteiger partial charge < -0.3 is 39.9 Å². The lowest BCUT2D eigenvalue weighted by molar-refractivity contribution is -0.150. The van der Waals surface area contributed by atoms with E-state index >= 15 is 0 Å². The quantitative estimate of drug-likeness (QED) is 0.0819. The highest BCUT2D eigenvalue weighted by Gasteiger charge is 2.48. The molecule has 69 heavy (non-hydrogen) atoms. The number of nitrogens with zero attached hydrogens (tertiary/aromatic N) is 4. The third-order valence-electron chi connectivity index (χ3n) is 14.3. The summed E-state index contributed by atoms with van der Waals surface area (Å²) in [6, 6.07) is 0.965. The SMILES string of the molecule is CC[C@H](C)[C@@H]([C@@H](CC(=O)N1C(C)[C@@H](C)C[C@H]1[C@H](OC)[C@@H](C)C(=O)N[C@@H](Cc1ccccc1F)C(=O)O)OC)N(C)C(=O)[C@@H](NC(=O)[C@H](C(C)C)N(C)C(=O)CCCCCN1C(=O)C=CC1=O)C(C)C. The Hall–Kier alpha value is -5.23. The van der Waals surface area contributed by atoms with Crippen molar-refractivity contribution < 1.29 is 57.3 Å². The molecule has 2 heterocycles. The smallest absolute Gasteiger partial charge is 0.326 e. The van der Waals surface area contributed by atoms with Crippen LogP contribution in [0.2, 0.25) is 0 Å². The number of unbranched alkanes of at least 4 members (excludes halogenated alkanes) is 2. The lowest BCUT2D eigenvalue weighted by atomic mass is 9.89. The van der Waals surface area contributed by atoms with Crippen molar-refractivity contribution in [3.05, 3.63) is 47.8 Å². The number of amides is 7. The normalized spacial score (nSPS) is 20.6. The third kappa shape index (κ3) is 14.9. The molecule has 2 aliphatic heterocycles. The molecule has 1 aromatic rings. The van der Waals surface area contributed by atoms with Crippen molar-refractivity contribution in [1.29, 1.82) is 0 Å². The molecule has 1 fully saturated rings. The van der Waals surface area contributed by atoms with Crippen molar-refractivity contribution >= 4 is 47.3 Å². The van der Waals surface area contributed by atoms with E-state index in [0.717, 1.165) is 4.90 Å². The fourth-order valence-electron chi connectivity index (χ4n) is 9.81. The molecule has 0 aliphatic carbocycles. The zero-order chi connectivity index (χ0) is 52.0. The molecule has 1 unspecified atom stereocenters. The second kappa shape index (κ2) is 26.7. The van der Waals surface area contributed by atoms with Crippen LogP contribution in [0, 0.1) is 35.4 Å². The monoisotopic (exact) mass is 971 g/mol. The standard InChI is InChI=1S/C51H79FN6O11/c1-14-31(6)46(56(11)50(65)44(29(2)3)54-49(64)45(30(4)5)55(10)40(59)22-16-15-19-25-57-41(60)23-24-42(57)61)39(68-12)28-43(62)58-34(9)32(7)26-38(58)47(69-13)33(8)48(63)53-37(51(66)67)27-35-20-17-18-21-36(35)52/h17-18,20-21,23-24,29-34,37-39,44-47H,14-16,19,22,25-28H2,1-13H3,(H,53,63)(H,54,64)(H,66,67)/t31-,32-,33+,34?,37-,38-,39+,44-,45-,46-,47+/m0/s1. The second-order valence-corrected chi connectivity index (χ2v) is 19.7. The van der Waals surface area contributed by atoms with Crippen LogP contribution in [0.15, 0.2) is 36.4 Å². The number of carboxylic acid groups (broad SMARTS) is 1. The number of carboxylic acids is 1. The molecular weight excluding hydrogens is 892 g/mol. The number of hydrogen-bond acceptors (Lipinski definition) is 10. The molecule has 0 saturated carbocycles. The topological polar surface area (TPSA) is 212 Å². The number of rotatable bonds is 27. The van der Waals surface area contributed by atoms with Crippen molar-refractivity contribution in [2.75, 3.05) is 34.9 Å². The molecule has 0 aromatic heterocycles. The largest absolute Gasteiger partial charge is 0.480 e. The van der Waals surface area contributed by atoms with Gasteiger partial charge in [-0.3, -0.25) is 38.5 Å². The number of likely N-dealkylation sites (tertiary alicyclic amines) is 1. The highest BCUT2D eigenvalue weighted by molar-refractivity contribution is 6.12. The minimum absolute atomic E-state index is 0.00146. The van der Waals surface area contributed by atoms with Gasteiger partial charge in [0.2, 0.25) is 29.5 Å². The Morgan fingerprint density at radius 2 is 1.48 bits per heavy atom. The summed E-state index contributed by atoms with van der Waals surface area (Å²) < 4.78 is 26.5. The molecule has 1 aromatic carbocycles. The number of methoxy groups -OCH3 is 2. The number of likely N-dealkylation sites (N-methyl/N-ethyl adjacent to an activating group) is 2. The van der Waals surface area contributed by atoms with Gasteiger partial charge in [-0.1, -0.05) is 86.4 Å².